The molecule has 0 saturated carbocycles. The highest BCUT2D eigenvalue weighted by molar-refractivity contribution is 7.46. The Balaban J connectivity index is 3.68. The molecule has 5 heteroatoms. The first kappa shape index (κ1) is 6.53. The van der Waals surface area contributed by atoms with Crippen LogP contribution in [0.5, 0.6) is 0 Å². The third-order valence-corrected chi connectivity index (χ3v) is 0.636. The van der Waals surface area contributed by atoms with Crippen LogP contribution in [0.15, 0.2) is 0 Å². The van der Waals surface area contributed by atoms with Crippen LogP contribution in [0.25, 0.3) is 0 Å². The molecule has 40 valence electrons. The standard InChI is InChI=1S/C2H2FO3P/c3-7(6)1-2(4)5/h1H,(H,4,5). The monoisotopic (exact) mass is 124 g/mol. The fourth-order valence-corrected chi connectivity index (χ4v) is 0.260. The summed E-state index contributed by atoms with van der Waals surface area (Å²) in [4.78, 5) is 18.6. The second-order valence-electron chi connectivity index (χ2n) is 0.739. The molecule has 0 aliphatic carbocycles. The largest absolute Gasteiger partial charge is 0.598 e. The number of hydrogen-bond acceptors (Lipinski definition) is 2. The minimum atomic E-state index is -3.11. The van der Waals surface area contributed by atoms with Crippen LogP contribution in [0.3, 0.4) is 0 Å². The average molecular weight is 124 g/mol. The Morgan fingerprint density at radius 2 is 2.43 bits per heavy atom. The van der Waals surface area contributed by atoms with Crippen molar-refractivity contribution >= 4 is 19.8 Å². The Hall–Kier alpha value is -0.470. The van der Waals surface area contributed by atoms with Gasteiger partial charge in [-0.25, -0.2) is 4.79 Å². The van der Waals surface area contributed by atoms with Crippen LogP contribution < -0.4 is 4.89 Å². The third-order valence-electron chi connectivity index (χ3n) is 0.212. The van der Waals surface area contributed by atoms with E-state index in [2.05, 4.69) is 0 Å². The zero-order valence-electron chi connectivity index (χ0n) is 3.17. The molecule has 1 N–H and O–H groups in total. The summed E-state index contributed by atoms with van der Waals surface area (Å²) in [6, 6.07) is 0. The molecule has 0 rings (SSSR count). The van der Waals surface area contributed by atoms with E-state index >= 15 is 0 Å². The zero-order valence-corrected chi connectivity index (χ0v) is 4.06. The summed E-state index contributed by atoms with van der Waals surface area (Å²) in [5.41, 5.74) is 0. The summed E-state index contributed by atoms with van der Waals surface area (Å²) < 4.78 is 11.0. The van der Waals surface area contributed by atoms with Gasteiger partial charge < -0.3 is 10.00 Å². The Morgan fingerprint density at radius 3 is 2.43 bits per heavy atom. The van der Waals surface area contributed by atoms with Crippen molar-refractivity contribution in [3.63, 3.8) is 0 Å². The first-order chi connectivity index (χ1) is 3.13. The van der Waals surface area contributed by atoms with Crippen molar-refractivity contribution in [3.05, 3.63) is 0 Å². The highest BCUT2D eigenvalue weighted by Gasteiger charge is 1.96. The van der Waals surface area contributed by atoms with E-state index in [9.17, 15) is 13.9 Å². The molecular formula is C2H2FO3P. The number of halogens is 1. The Kier molecular flexibility index (Phi) is 2.48. The highest BCUT2D eigenvalue weighted by Crippen LogP contribution is 2.06. The maximum absolute atomic E-state index is 11.0. The normalized spacial score (nSPS) is 11.4. The number of carbonyl (C=O) groups is 1. The van der Waals surface area contributed by atoms with Gasteiger partial charge >= 0.3 is 5.97 Å². The van der Waals surface area contributed by atoms with Gasteiger partial charge in [-0.1, -0.05) is 0 Å². The number of hydrogen-bond donors (Lipinski definition) is 1. The molecule has 0 aromatic carbocycles. The summed E-state index contributed by atoms with van der Waals surface area (Å²) >= 11 is 0. The quantitative estimate of drug-likeness (QED) is 0.480. The molecule has 0 spiro atoms. The molecule has 0 aliphatic rings. The Bertz CT molecular complexity index is 106. The van der Waals surface area contributed by atoms with E-state index in [1.165, 1.54) is 0 Å². The van der Waals surface area contributed by atoms with Gasteiger partial charge in [-0.2, -0.15) is 0 Å². The summed E-state index contributed by atoms with van der Waals surface area (Å²) in [7, 11) is -3.11. The fourth-order valence-electron chi connectivity index (χ4n) is 0.0868. The molecule has 0 aliphatic heterocycles. The van der Waals surface area contributed by atoms with Crippen molar-refractivity contribution in [1.29, 1.82) is 0 Å². The lowest BCUT2D eigenvalue weighted by Gasteiger charge is -1.72. The molecule has 0 amide bonds. The van der Waals surface area contributed by atoms with Crippen LogP contribution in [0.1, 0.15) is 0 Å². The summed E-state index contributed by atoms with van der Waals surface area (Å²) in [6.07, 6.45) is 0. The van der Waals surface area contributed by atoms with Crippen molar-refractivity contribution in [2.24, 2.45) is 0 Å². The van der Waals surface area contributed by atoms with Crippen molar-refractivity contribution < 1.29 is 19.0 Å². The first-order valence-electron chi connectivity index (χ1n) is 1.33. The lowest BCUT2D eigenvalue weighted by atomic mass is 10.8. The fraction of sp³-hybridized carbons (Fsp3) is 0. The molecular weight excluding hydrogens is 122 g/mol. The van der Waals surface area contributed by atoms with Crippen molar-refractivity contribution in [1.82, 2.24) is 0 Å². The van der Waals surface area contributed by atoms with Crippen molar-refractivity contribution in [2.75, 3.05) is 0 Å². The van der Waals surface area contributed by atoms with E-state index in [1.54, 1.807) is 0 Å². The van der Waals surface area contributed by atoms with Crippen LogP contribution in [0.4, 0.5) is 4.20 Å². The second kappa shape index (κ2) is 2.66. The molecule has 3 nitrogen and oxygen atoms in total. The molecule has 0 bridgehead atoms. The van der Waals surface area contributed by atoms with Gasteiger partial charge in [0.05, 0.1) is 0 Å². The lowest BCUT2D eigenvalue weighted by Crippen LogP contribution is -1.96. The minimum absolute atomic E-state index is 0.0926. The summed E-state index contributed by atoms with van der Waals surface area (Å²) in [5.74, 6) is -1.40. The summed E-state index contributed by atoms with van der Waals surface area (Å²) in [6.45, 7) is 0. The zero-order chi connectivity index (χ0) is 5.86. The van der Waals surface area contributed by atoms with E-state index in [4.69, 9.17) is 5.11 Å². The van der Waals surface area contributed by atoms with E-state index < -0.39 is 14.1 Å². The topological polar surface area (TPSA) is 60.4 Å². The smallest absolute Gasteiger partial charge is 0.374 e. The van der Waals surface area contributed by atoms with Gasteiger partial charge in [-0.15, -0.1) is 0 Å². The highest BCUT2D eigenvalue weighted by atomic mass is 31.1. The average Bonchev–Trinajstić information content (AvgIpc) is 1.27. The van der Waals surface area contributed by atoms with E-state index in [0.29, 0.717) is 0 Å². The molecule has 0 saturated heterocycles. The van der Waals surface area contributed by atoms with Crippen LogP contribution in [0.2, 0.25) is 0 Å². The Labute approximate surface area is 40.0 Å². The van der Waals surface area contributed by atoms with Gasteiger partial charge in [0.25, 0.3) is 8.08 Å². The SMILES string of the molecule is O=C(O)C=[P+]([O-])F. The van der Waals surface area contributed by atoms with Crippen LogP contribution in [-0.2, 0) is 4.79 Å². The maximum Gasteiger partial charge on any atom is 0.374 e. The second-order valence-corrected chi connectivity index (χ2v) is 1.54. The van der Waals surface area contributed by atoms with Crippen LogP contribution >= 0.6 is 8.08 Å². The molecule has 0 aromatic rings. The molecule has 0 fully saturated rings. The first-order valence-corrected chi connectivity index (χ1v) is 2.55. The van der Waals surface area contributed by atoms with Crippen molar-refractivity contribution in [2.45, 2.75) is 0 Å². The van der Waals surface area contributed by atoms with E-state index in [0.717, 1.165) is 0 Å². The van der Waals surface area contributed by atoms with Crippen molar-refractivity contribution in [3.8, 4) is 0 Å². The molecule has 1 atom stereocenters. The molecule has 0 heterocycles. The van der Waals surface area contributed by atoms with Crippen LogP contribution in [-0.4, -0.2) is 16.9 Å². The minimum Gasteiger partial charge on any atom is -0.598 e. The number of carboxylic acids is 1. The van der Waals surface area contributed by atoms with Gasteiger partial charge in [0.1, 0.15) is 0 Å². The van der Waals surface area contributed by atoms with E-state index in [1.807, 2.05) is 0 Å². The van der Waals surface area contributed by atoms with Gasteiger partial charge in [-0.3, -0.25) is 0 Å². The predicted molar refractivity (Wildman–Crippen MR) is 21.7 cm³/mol. The number of aliphatic carboxylic acids is 1. The van der Waals surface area contributed by atoms with Gasteiger partial charge in [0, 0.05) is 4.20 Å². The number of carboxylic acid groups (broad SMARTS) is 1. The van der Waals surface area contributed by atoms with Gasteiger partial charge in [0.2, 0.25) is 5.80 Å². The third kappa shape index (κ3) is 5.53. The van der Waals surface area contributed by atoms with Crippen LogP contribution in [0, 0.1) is 0 Å². The van der Waals surface area contributed by atoms with Gasteiger partial charge in [-0.05, 0) is 0 Å². The molecule has 1 unspecified atom stereocenters. The Morgan fingerprint density at radius 1 is 2.00 bits per heavy atom. The molecule has 7 heavy (non-hydrogen) atoms. The summed E-state index contributed by atoms with van der Waals surface area (Å²) in [5, 5.41) is 7.60. The predicted octanol–water partition coefficient (Wildman–Crippen LogP) is -0.485. The lowest BCUT2D eigenvalue weighted by molar-refractivity contribution is -0.161. The molecule has 0 radical (unpaired) electrons. The van der Waals surface area contributed by atoms with E-state index in [-0.39, 0.29) is 5.80 Å². The maximum atomic E-state index is 11.0. The number of rotatable bonds is 1. The van der Waals surface area contributed by atoms with Gasteiger partial charge in [0.15, 0.2) is 0 Å². The molecule has 0 aromatic heterocycles.